The van der Waals surface area contributed by atoms with Crippen LogP contribution in [0.15, 0.2) is 24.3 Å². The Balaban J connectivity index is 1.41. The predicted octanol–water partition coefficient (Wildman–Crippen LogP) is 1.10. The highest BCUT2D eigenvalue weighted by atomic mass is 19.1. The maximum atomic E-state index is 13.1. The number of hydrogen-bond donors (Lipinski definition) is 1. The Labute approximate surface area is 161 Å². The summed E-state index contributed by atoms with van der Waals surface area (Å²) < 4.78 is 14.7. The Hall–Kier alpha value is -3.14. The molecule has 0 saturated carbocycles. The molecular formula is C18H21FN8O. The number of hydrogen-bond acceptors (Lipinski definition) is 6. The zero-order valence-electron chi connectivity index (χ0n) is 15.8. The summed E-state index contributed by atoms with van der Waals surface area (Å²) in [5.41, 5.74) is 1.62. The van der Waals surface area contributed by atoms with Crippen LogP contribution in [0.3, 0.4) is 0 Å². The van der Waals surface area contributed by atoms with Crippen molar-refractivity contribution >= 4 is 5.91 Å². The van der Waals surface area contributed by atoms with Gasteiger partial charge in [-0.3, -0.25) is 14.8 Å². The molecule has 1 aromatic carbocycles. The topological polar surface area (TPSA) is 95.8 Å². The lowest BCUT2D eigenvalue weighted by Crippen LogP contribution is -2.48. The molecule has 146 valence electrons. The summed E-state index contributed by atoms with van der Waals surface area (Å²) in [4.78, 5) is 21.2. The van der Waals surface area contributed by atoms with Crippen molar-refractivity contribution in [2.24, 2.45) is 0 Å². The first kappa shape index (κ1) is 18.2. The predicted molar refractivity (Wildman–Crippen MR) is 98.4 cm³/mol. The van der Waals surface area contributed by atoms with E-state index in [2.05, 4.69) is 30.4 Å². The van der Waals surface area contributed by atoms with Gasteiger partial charge in [-0.1, -0.05) is 5.21 Å². The molecular weight excluding hydrogens is 363 g/mol. The van der Waals surface area contributed by atoms with E-state index in [0.717, 1.165) is 24.7 Å². The van der Waals surface area contributed by atoms with Crippen LogP contribution in [0.5, 0.6) is 0 Å². The monoisotopic (exact) mass is 384 g/mol. The van der Waals surface area contributed by atoms with Crippen LogP contribution in [0.1, 0.15) is 27.8 Å². The first-order valence-electron chi connectivity index (χ1n) is 9.09. The summed E-state index contributed by atoms with van der Waals surface area (Å²) in [6.07, 6.45) is 0. The van der Waals surface area contributed by atoms with Crippen LogP contribution < -0.4 is 0 Å². The van der Waals surface area contributed by atoms with Crippen LogP contribution in [-0.2, 0) is 6.54 Å². The minimum Gasteiger partial charge on any atom is -0.335 e. The van der Waals surface area contributed by atoms with Crippen LogP contribution in [0, 0.1) is 19.7 Å². The fourth-order valence-corrected chi connectivity index (χ4v) is 3.27. The highest BCUT2D eigenvalue weighted by Gasteiger charge is 2.27. The Morgan fingerprint density at radius 3 is 2.50 bits per heavy atom. The molecule has 0 radical (unpaired) electrons. The van der Waals surface area contributed by atoms with E-state index in [-0.39, 0.29) is 11.7 Å². The number of rotatable bonds is 4. The van der Waals surface area contributed by atoms with Crippen molar-refractivity contribution < 1.29 is 9.18 Å². The van der Waals surface area contributed by atoms with E-state index < -0.39 is 0 Å². The lowest BCUT2D eigenvalue weighted by atomic mass is 10.2. The van der Waals surface area contributed by atoms with Gasteiger partial charge in [0.05, 0.1) is 17.9 Å². The number of carbonyl (C=O) groups excluding carboxylic acids is 1. The summed E-state index contributed by atoms with van der Waals surface area (Å²) in [5.74, 6) is 1.09. The largest absolute Gasteiger partial charge is 0.335 e. The van der Waals surface area contributed by atoms with Gasteiger partial charge >= 0.3 is 0 Å². The number of aromatic amines is 1. The van der Waals surface area contributed by atoms with Crippen LogP contribution in [0.4, 0.5) is 4.39 Å². The van der Waals surface area contributed by atoms with Crippen molar-refractivity contribution in [2.45, 2.75) is 20.4 Å². The number of amides is 1. The van der Waals surface area contributed by atoms with Crippen molar-refractivity contribution in [1.29, 1.82) is 0 Å². The summed E-state index contributed by atoms with van der Waals surface area (Å²) in [6.45, 7) is 7.00. The van der Waals surface area contributed by atoms with Gasteiger partial charge in [-0.05, 0) is 38.1 Å². The van der Waals surface area contributed by atoms with E-state index in [1.165, 1.54) is 12.1 Å². The summed E-state index contributed by atoms with van der Waals surface area (Å²) in [6, 6.07) is 5.92. The first-order chi connectivity index (χ1) is 13.5. The molecule has 10 heteroatoms. The molecule has 28 heavy (non-hydrogen) atoms. The van der Waals surface area contributed by atoms with Crippen molar-refractivity contribution in [1.82, 2.24) is 40.0 Å². The average molecular weight is 384 g/mol. The first-order valence-corrected chi connectivity index (χ1v) is 9.09. The van der Waals surface area contributed by atoms with Gasteiger partial charge in [0, 0.05) is 26.2 Å². The van der Waals surface area contributed by atoms with Crippen LogP contribution in [0.2, 0.25) is 0 Å². The Morgan fingerprint density at radius 1 is 1.14 bits per heavy atom. The number of benzene rings is 1. The van der Waals surface area contributed by atoms with E-state index in [1.54, 1.807) is 28.6 Å². The highest BCUT2D eigenvalue weighted by Crippen LogP contribution is 2.16. The molecule has 2 aromatic heterocycles. The number of nitrogens with one attached hydrogen (secondary N) is 1. The smallest absolute Gasteiger partial charge is 0.276 e. The third-order valence-electron chi connectivity index (χ3n) is 4.84. The lowest BCUT2D eigenvalue weighted by molar-refractivity contribution is 0.0619. The average Bonchev–Trinajstić information content (AvgIpc) is 3.28. The second kappa shape index (κ2) is 7.47. The van der Waals surface area contributed by atoms with Gasteiger partial charge in [0.25, 0.3) is 5.91 Å². The number of aromatic nitrogens is 6. The molecule has 1 aliphatic heterocycles. The standard InChI is InChI=1S/C18H21FN8O/c1-12-17(23-24-27(12)15-5-3-14(19)4-6-15)18(28)26-9-7-25(8-10-26)11-16-20-13(2)21-22-16/h3-6H,7-11H2,1-2H3,(H,20,21,22). The molecule has 0 unspecified atom stereocenters. The van der Waals surface area contributed by atoms with Gasteiger partial charge in [0.15, 0.2) is 11.5 Å². The minimum absolute atomic E-state index is 0.140. The third-order valence-corrected chi connectivity index (χ3v) is 4.84. The molecule has 3 heterocycles. The summed E-state index contributed by atoms with van der Waals surface area (Å²) in [5, 5.41) is 15.1. The van der Waals surface area contributed by atoms with Crippen LogP contribution in [-0.4, -0.2) is 72.1 Å². The molecule has 0 bridgehead atoms. The lowest BCUT2D eigenvalue weighted by Gasteiger charge is -2.33. The van der Waals surface area contributed by atoms with Crippen molar-refractivity contribution in [3.63, 3.8) is 0 Å². The van der Waals surface area contributed by atoms with E-state index in [1.807, 2.05) is 6.92 Å². The molecule has 0 aliphatic carbocycles. The second-order valence-corrected chi connectivity index (χ2v) is 6.82. The summed E-state index contributed by atoms with van der Waals surface area (Å²) in [7, 11) is 0. The maximum absolute atomic E-state index is 13.1. The Kier molecular flexibility index (Phi) is 4.86. The molecule has 0 spiro atoms. The second-order valence-electron chi connectivity index (χ2n) is 6.82. The molecule has 1 fully saturated rings. The fourth-order valence-electron chi connectivity index (χ4n) is 3.27. The molecule has 0 atom stereocenters. The SMILES string of the molecule is Cc1nc(CN2CCN(C(=O)c3nnn(-c4ccc(F)cc4)c3C)CC2)n[nH]1. The molecule has 1 aliphatic rings. The van der Waals surface area contributed by atoms with Crippen molar-refractivity contribution in [2.75, 3.05) is 26.2 Å². The minimum atomic E-state index is -0.323. The van der Waals surface area contributed by atoms with E-state index in [0.29, 0.717) is 36.7 Å². The molecule has 4 rings (SSSR count). The van der Waals surface area contributed by atoms with Gasteiger partial charge in [0.1, 0.15) is 11.6 Å². The fraction of sp³-hybridized carbons (Fsp3) is 0.389. The molecule has 1 amide bonds. The van der Waals surface area contributed by atoms with Gasteiger partial charge in [0.2, 0.25) is 0 Å². The Bertz CT molecular complexity index is 972. The number of carbonyl (C=O) groups is 1. The normalized spacial score (nSPS) is 15.2. The number of nitrogens with zero attached hydrogens (tertiary/aromatic N) is 7. The van der Waals surface area contributed by atoms with Gasteiger partial charge in [-0.2, -0.15) is 5.10 Å². The van der Waals surface area contributed by atoms with Crippen LogP contribution >= 0.6 is 0 Å². The van der Waals surface area contributed by atoms with E-state index >= 15 is 0 Å². The molecule has 3 aromatic rings. The number of H-pyrrole nitrogens is 1. The van der Waals surface area contributed by atoms with Gasteiger partial charge < -0.3 is 4.90 Å². The van der Waals surface area contributed by atoms with Crippen molar-refractivity contribution in [3.05, 3.63) is 53.1 Å². The number of halogens is 1. The zero-order chi connectivity index (χ0) is 19.7. The zero-order valence-corrected chi connectivity index (χ0v) is 15.8. The van der Waals surface area contributed by atoms with Crippen LogP contribution in [0.25, 0.3) is 5.69 Å². The molecule has 1 saturated heterocycles. The third kappa shape index (κ3) is 3.63. The van der Waals surface area contributed by atoms with Gasteiger partial charge in [-0.15, -0.1) is 5.10 Å². The Morgan fingerprint density at radius 2 is 1.86 bits per heavy atom. The molecule has 9 nitrogen and oxygen atoms in total. The molecule has 1 N–H and O–H groups in total. The van der Waals surface area contributed by atoms with Gasteiger partial charge in [-0.25, -0.2) is 14.1 Å². The number of piperazine rings is 1. The number of aryl methyl sites for hydroxylation is 1. The summed E-state index contributed by atoms with van der Waals surface area (Å²) >= 11 is 0. The van der Waals surface area contributed by atoms with E-state index in [4.69, 9.17) is 0 Å². The van der Waals surface area contributed by atoms with E-state index in [9.17, 15) is 9.18 Å². The maximum Gasteiger partial charge on any atom is 0.276 e. The highest BCUT2D eigenvalue weighted by molar-refractivity contribution is 5.93. The van der Waals surface area contributed by atoms with Crippen molar-refractivity contribution in [3.8, 4) is 5.69 Å². The quantitative estimate of drug-likeness (QED) is 0.724.